The number of nitrogens with one attached hydrogen (secondary N) is 1. The predicted octanol–water partition coefficient (Wildman–Crippen LogP) is 5.35. The molecule has 1 fully saturated rings. The Balaban J connectivity index is 1.05. The lowest BCUT2D eigenvalue weighted by molar-refractivity contribution is 0.146. The fourth-order valence-electron chi connectivity index (χ4n) is 4.85. The second kappa shape index (κ2) is 12.1. The number of fused-ring (bicyclic) bond motifs is 2. The highest BCUT2D eigenvalue weighted by Gasteiger charge is 2.23. The molecule has 1 aliphatic heterocycles. The highest BCUT2D eigenvalue weighted by Crippen LogP contribution is 2.30. The summed E-state index contributed by atoms with van der Waals surface area (Å²) in [5.41, 5.74) is 1.52. The van der Waals surface area contributed by atoms with Crippen LogP contribution in [0.4, 0.5) is 16.3 Å². The number of anilines is 2. The number of aromatic nitrogens is 3. The molecule has 41 heavy (non-hydrogen) atoms. The summed E-state index contributed by atoms with van der Waals surface area (Å²) in [6.07, 6.45) is 5.13. The van der Waals surface area contributed by atoms with Crippen LogP contribution in [0.15, 0.2) is 85.5 Å². The number of hydrogen-bond donors (Lipinski definition) is 1. The molecule has 0 unspecified atom stereocenters. The fraction of sp³-hybridized carbons (Fsp3) is 0.226. The molecule has 0 aliphatic carbocycles. The van der Waals surface area contributed by atoms with Gasteiger partial charge in [0.25, 0.3) is 0 Å². The van der Waals surface area contributed by atoms with E-state index in [1.165, 1.54) is 0 Å². The van der Waals surface area contributed by atoms with Crippen molar-refractivity contribution in [1.29, 1.82) is 0 Å². The Labute approximate surface area is 237 Å². The molecular formula is C31H30N6O4. The van der Waals surface area contributed by atoms with E-state index in [-0.39, 0.29) is 6.03 Å². The van der Waals surface area contributed by atoms with Crippen LogP contribution in [0, 0.1) is 0 Å². The number of benzene rings is 3. The fourth-order valence-corrected chi connectivity index (χ4v) is 4.85. The van der Waals surface area contributed by atoms with Gasteiger partial charge in [-0.15, -0.1) is 0 Å². The molecular weight excluding hydrogens is 520 g/mol. The number of nitrogens with zero attached hydrogens (tertiary/aromatic N) is 5. The molecule has 2 amide bonds. The van der Waals surface area contributed by atoms with Crippen molar-refractivity contribution >= 4 is 39.2 Å². The molecule has 1 saturated heterocycles. The minimum Gasteiger partial charge on any atom is -0.491 e. The molecule has 10 heteroatoms. The average Bonchev–Trinajstić information content (AvgIpc) is 3.02. The zero-order chi connectivity index (χ0) is 28.0. The topological polar surface area (TPSA) is 102 Å². The lowest BCUT2D eigenvalue weighted by atomic mass is 10.1. The summed E-state index contributed by atoms with van der Waals surface area (Å²) in [5.74, 6) is 3.04. The molecule has 3 heterocycles. The number of methoxy groups -OCH3 is 1. The monoisotopic (exact) mass is 550 g/mol. The van der Waals surface area contributed by atoms with Crippen molar-refractivity contribution < 1.29 is 19.0 Å². The SMILES string of the molecule is COCCOc1ccc2c(N3CCN(C(=O)Nc4ccc(Oc5cccc6cnccc56)cc4)CC3)ncnc2c1. The van der Waals surface area contributed by atoms with Crippen LogP contribution in [0.2, 0.25) is 0 Å². The van der Waals surface area contributed by atoms with E-state index in [2.05, 4.69) is 25.2 Å². The van der Waals surface area contributed by atoms with Crippen molar-refractivity contribution in [1.82, 2.24) is 19.9 Å². The molecule has 6 rings (SSSR count). The van der Waals surface area contributed by atoms with Gasteiger partial charge < -0.3 is 29.3 Å². The lowest BCUT2D eigenvalue weighted by Crippen LogP contribution is -2.50. The summed E-state index contributed by atoms with van der Waals surface area (Å²) < 4.78 is 16.9. The van der Waals surface area contributed by atoms with Crippen LogP contribution in [0.1, 0.15) is 0 Å². The molecule has 0 radical (unpaired) electrons. The van der Waals surface area contributed by atoms with Crippen LogP contribution in [-0.2, 0) is 4.74 Å². The van der Waals surface area contributed by atoms with Gasteiger partial charge in [0.05, 0.1) is 12.1 Å². The Hall–Kier alpha value is -4.96. The van der Waals surface area contributed by atoms with Crippen molar-refractivity contribution in [3.05, 3.63) is 85.5 Å². The van der Waals surface area contributed by atoms with Crippen molar-refractivity contribution in [3.8, 4) is 17.2 Å². The smallest absolute Gasteiger partial charge is 0.321 e. The van der Waals surface area contributed by atoms with E-state index in [4.69, 9.17) is 14.2 Å². The minimum absolute atomic E-state index is 0.134. The predicted molar refractivity (Wildman–Crippen MR) is 158 cm³/mol. The third-order valence-corrected chi connectivity index (χ3v) is 6.98. The van der Waals surface area contributed by atoms with Crippen LogP contribution in [0.3, 0.4) is 0 Å². The molecule has 0 atom stereocenters. The van der Waals surface area contributed by atoms with Crippen molar-refractivity contribution in [2.75, 3.05) is 56.7 Å². The van der Waals surface area contributed by atoms with Gasteiger partial charge in [0.1, 0.15) is 36.0 Å². The molecule has 5 aromatic rings. The number of carbonyl (C=O) groups is 1. The maximum Gasteiger partial charge on any atom is 0.321 e. The Morgan fingerprint density at radius 1 is 0.902 bits per heavy atom. The number of hydrogen-bond acceptors (Lipinski definition) is 8. The van der Waals surface area contributed by atoms with E-state index in [9.17, 15) is 4.79 Å². The summed E-state index contributed by atoms with van der Waals surface area (Å²) in [6.45, 7) is 3.48. The molecule has 1 aliphatic rings. The zero-order valence-corrected chi connectivity index (χ0v) is 22.7. The Kier molecular flexibility index (Phi) is 7.72. The number of rotatable bonds is 8. The third kappa shape index (κ3) is 5.97. The number of amides is 2. The summed E-state index contributed by atoms with van der Waals surface area (Å²) >= 11 is 0. The van der Waals surface area contributed by atoms with Gasteiger partial charge in [0.2, 0.25) is 0 Å². The van der Waals surface area contributed by atoms with E-state index in [1.54, 1.807) is 19.6 Å². The maximum absolute atomic E-state index is 13.0. The van der Waals surface area contributed by atoms with Gasteiger partial charge in [-0.3, -0.25) is 4.98 Å². The van der Waals surface area contributed by atoms with Crippen LogP contribution < -0.4 is 19.7 Å². The normalized spacial score (nSPS) is 13.4. The van der Waals surface area contributed by atoms with E-state index >= 15 is 0 Å². The number of pyridine rings is 1. The minimum atomic E-state index is -0.134. The largest absolute Gasteiger partial charge is 0.491 e. The van der Waals surface area contributed by atoms with E-state index in [1.807, 2.05) is 77.8 Å². The third-order valence-electron chi connectivity index (χ3n) is 6.98. The highest BCUT2D eigenvalue weighted by molar-refractivity contribution is 5.92. The molecule has 3 aromatic carbocycles. The van der Waals surface area contributed by atoms with Crippen molar-refractivity contribution in [2.24, 2.45) is 0 Å². The van der Waals surface area contributed by atoms with E-state index in [0.717, 1.165) is 39.0 Å². The van der Waals surface area contributed by atoms with Crippen LogP contribution >= 0.6 is 0 Å². The molecule has 0 saturated carbocycles. The van der Waals surface area contributed by atoms with Gasteiger partial charge in [-0.05, 0) is 48.5 Å². The zero-order valence-electron chi connectivity index (χ0n) is 22.7. The van der Waals surface area contributed by atoms with Crippen LogP contribution in [0.25, 0.3) is 21.7 Å². The quantitative estimate of drug-likeness (QED) is 0.258. The Morgan fingerprint density at radius 3 is 2.56 bits per heavy atom. The summed E-state index contributed by atoms with van der Waals surface area (Å²) in [4.78, 5) is 30.1. The highest BCUT2D eigenvalue weighted by atomic mass is 16.5. The maximum atomic E-state index is 13.0. The molecule has 0 spiro atoms. The Morgan fingerprint density at radius 2 is 1.73 bits per heavy atom. The first-order chi connectivity index (χ1) is 20.2. The molecule has 10 nitrogen and oxygen atoms in total. The summed E-state index contributed by atoms with van der Waals surface area (Å²) in [5, 5.41) is 5.96. The number of ether oxygens (including phenoxy) is 3. The van der Waals surface area contributed by atoms with Crippen LogP contribution in [-0.4, -0.2) is 72.4 Å². The van der Waals surface area contributed by atoms with Gasteiger partial charge in [0, 0.05) is 73.6 Å². The second-order valence-corrected chi connectivity index (χ2v) is 9.60. The molecule has 2 aromatic heterocycles. The van der Waals surface area contributed by atoms with Gasteiger partial charge in [0.15, 0.2) is 0 Å². The molecule has 0 bridgehead atoms. The van der Waals surface area contributed by atoms with Crippen LogP contribution in [0.5, 0.6) is 17.2 Å². The first-order valence-corrected chi connectivity index (χ1v) is 13.5. The van der Waals surface area contributed by atoms with Crippen molar-refractivity contribution in [2.45, 2.75) is 0 Å². The average molecular weight is 551 g/mol. The van der Waals surface area contributed by atoms with Gasteiger partial charge in [-0.2, -0.15) is 0 Å². The standard InChI is InChI=1S/C31H30N6O4/c1-39-17-18-40-25-9-10-27-28(19-25)33-21-34-30(27)36-13-15-37(16-14-36)31(38)35-23-5-7-24(8-6-23)41-29-4-2-3-22-20-32-12-11-26(22)29/h2-12,19-21H,13-18H2,1H3,(H,35,38). The summed E-state index contributed by atoms with van der Waals surface area (Å²) in [7, 11) is 1.64. The van der Waals surface area contributed by atoms with Gasteiger partial charge in [-0.1, -0.05) is 12.1 Å². The van der Waals surface area contributed by atoms with E-state index < -0.39 is 0 Å². The number of carbonyl (C=O) groups excluding carboxylic acids is 1. The van der Waals surface area contributed by atoms with Gasteiger partial charge in [-0.25, -0.2) is 14.8 Å². The van der Waals surface area contributed by atoms with E-state index in [0.29, 0.717) is 50.8 Å². The lowest BCUT2D eigenvalue weighted by Gasteiger charge is -2.35. The Bertz CT molecular complexity index is 1650. The first kappa shape index (κ1) is 26.3. The molecule has 1 N–H and O–H groups in total. The number of piperazine rings is 1. The molecule has 208 valence electrons. The van der Waals surface area contributed by atoms with Gasteiger partial charge >= 0.3 is 6.03 Å². The van der Waals surface area contributed by atoms with Crippen molar-refractivity contribution in [3.63, 3.8) is 0 Å². The summed E-state index contributed by atoms with van der Waals surface area (Å²) in [6, 6.07) is 20.9. The first-order valence-electron chi connectivity index (χ1n) is 13.5. The number of urea groups is 1. The second-order valence-electron chi connectivity index (χ2n) is 9.60.